The molecule has 1 unspecified atom stereocenters. The molecule has 0 aliphatic carbocycles. The van der Waals surface area contributed by atoms with E-state index in [4.69, 9.17) is 0 Å². The van der Waals surface area contributed by atoms with E-state index < -0.39 is 0 Å². The zero-order valence-electron chi connectivity index (χ0n) is 13.2. The second kappa shape index (κ2) is 6.93. The van der Waals surface area contributed by atoms with Gasteiger partial charge in [-0.1, -0.05) is 60.7 Å². The predicted molar refractivity (Wildman–Crippen MR) is 101 cm³/mol. The third kappa shape index (κ3) is 3.22. The van der Waals surface area contributed by atoms with Gasteiger partial charge in [-0.2, -0.15) is 0 Å². The molecule has 4 rings (SSSR count). The highest BCUT2D eigenvalue weighted by atomic mass is 32.2. The number of nitrogens with zero attached hydrogens (tertiary/aromatic N) is 2. The number of thioether (sulfide) groups is 1. The van der Waals surface area contributed by atoms with Gasteiger partial charge in [-0.05, 0) is 28.5 Å². The van der Waals surface area contributed by atoms with Crippen LogP contribution < -0.4 is 0 Å². The number of hydrogen-bond acceptors (Lipinski definition) is 2. The van der Waals surface area contributed by atoms with Crippen LogP contribution in [0.2, 0.25) is 0 Å². The number of aromatic nitrogens is 2. The molecule has 24 heavy (non-hydrogen) atoms. The van der Waals surface area contributed by atoms with Gasteiger partial charge in [-0.3, -0.25) is 0 Å². The minimum atomic E-state index is 0.327. The average molecular weight is 330 g/mol. The Bertz CT molecular complexity index is 912. The molecule has 0 spiro atoms. The highest BCUT2D eigenvalue weighted by Gasteiger charge is 2.16. The monoisotopic (exact) mass is 330 g/mol. The lowest BCUT2D eigenvalue weighted by atomic mass is 10.0. The van der Waals surface area contributed by atoms with E-state index in [0.29, 0.717) is 5.25 Å². The SMILES string of the molecule is c1ccc(SC(Cn2ccnc2)c2cccc3ccccc23)cc1. The van der Waals surface area contributed by atoms with Gasteiger partial charge in [0.2, 0.25) is 0 Å². The van der Waals surface area contributed by atoms with Crippen LogP contribution in [0.15, 0.2) is 96.4 Å². The van der Waals surface area contributed by atoms with Gasteiger partial charge in [0.1, 0.15) is 0 Å². The van der Waals surface area contributed by atoms with Gasteiger partial charge in [-0.15, -0.1) is 11.8 Å². The Hall–Kier alpha value is -2.52. The molecule has 3 heteroatoms. The minimum absolute atomic E-state index is 0.327. The molecule has 1 heterocycles. The van der Waals surface area contributed by atoms with Gasteiger partial charge < -0.3 is 4.57 Å². The Morgan fingerprint density at radius 3 is 2.50 bits per heavy atom. The van der Waals surface area contributed by atoms with Crippen LogP contribution in [0.4, 0.5) is 0 Å². The van der Waals surface area contributed by atoms with Gasteiger partial charge in [0.15, 0.2) is 0 Å². The van der Waals surface area contributed by atoms with Gasteiger partial charge in [0, 0.05) is 23.8 Å². The molecule has 2 nitrogen and oxygen atoms in total. The lowest BCUT2D eigenvalue weighted by Crippen LogP contribution is -2.05. The maximum Gasteiger partial charge on any atom is 0.0946 e. The second-order valence-electron chi connectivity index (χ2n) is 5.75. The van der Waals surface area contributed by atoms with E-state index in [0.717, 1.165) is 6.54 Å². The van der Waals surface area contributed by atoms with Crippen molar-refractivity contribution >= 4 is 22.5 Å². The number of fused-ring (bicyclic) bond motifs is 1. The van der Waals surface area contributed by atoms with Crippen molar-refractivity contribution in [1.82, 2.24) is 9.55 Å². The van der Waals surface area contributed by atoms with Crippen molar-refractivity contribution in [2.45, 2.75) is 16.7 Å². The molecule has 0 aliphatic heterocycles. The molecule has 0 saturated carbocycles. The van der Waals surface area contributed by atoms with Crippen molar-refractivity contribution in [2.75, 3.05) is 0 Å². The summed E-state index contributed by atoms with van der Waals surface area (Å²) in [5.41, 5.74) is 1.37. The minimum Gasteiger partial charge on any atom is -0.336 e. The Labute approximate surface area is 146 Å². The van der Waals surface area contributed by atoms with Crippen LogP contribution in [0, 0.1) is 0 Å². The number of benzene rings is 3. The zero-order valence-corrected chi connectivity index (χ0v) is 14.1. The van der Waals surface area contributed by atoms with Crippen molar-refractivity contribution in [3.63, 3.8) is 0 Å². The van der Waals surface area contributed by atoms with E-state index in [1.54, 1.807) is 0 Å². The van der Waals surface area contributed by atoms with Gasteiger partial charge >= 0.3 is 0 Å². The maximum absolute atomic E-state index is 4.19. The van der Waals surface area contributed by atoms with Crippen LogP contribution in [-0.4, -0.2) is 9.55 Å². The first-order valence-corrected chi connectivity index (χ1v) is 8.93. The summed E-state index contributed by atoms with van der Waals surface area (Å²) < 4.78 is 2.16. The Morgan fingerprint density at radius 2 is 1.67 bits per heavy atom. The smallest absolute Gasteiger partial charge is 0.0946 e. The molecule has 0 aliphatic rings. The predicted octanol–water partition coefficient (Wildman–Crippen LogP) is 5.57. The summed E-state index contributed by atoms with van der Waals surface area (Å²) in [5.74, 6) is 0. The number of rotatable bonds is 5. The molecule has 1 atom stereocenters. The van der Waals surface area contributed by atoms with Gasteiger partial charge in [-0.25, -0.2) is 4.98 Å². The fraction of sp³-hybridized carbons (Fsp3) is 0.0952. The largest absolute Gasteiger partial charge is 0.336 e. The van der Waals surface area contributed by atoms with Crippen LogP contribution in [0.3, 0.4) is 0 Å². The first-order valence-electron chi connectivity index (χ1n) is 8.05. The van der Waals surface area contributed by atoms with E-state index in [-0.39, 0.29) is 0 Å². The molecular weight excluding hydrogens is 312 g/mol. The van der Waals surface area contributed by atoms with Crippen molar-refractivity contribution < 1.29 is 0 Å². The van der Waals surface area contributed by atoms with Crippen LogP contribution >= 0.6 is 11.8 Å². The Balaban J connectivity index is 1.76. The summed E-state index contributed by atoms with van der Waals surface area (Å²) in [6.07, 6.45) is 5.76. The summed E-state index contributed by atoms with van der Waals surface area (Å²) in [4.78, 5) is 5.48. The molecule has 0 saturated heterocycles. The highest BCUT2D eigenvalue weighted by Crippen LogP contribution is 2.39. The van der Waals surface area contributed by atoms with Crippen molar-refractivity contribution in [2.24, 2.45) is 0 Å². The zero-order chi connectivity index (χ0) is 16.2. The van der Waals surface area contributed by atoms with E-state index in [1.807, 2.05) is 30.5 Å². The normalized spacial score (nSPS) is 12.3. The molecule has 0 bridgehead atoms. The van der Waals surface area contributed by atoms with E-state index in [1.165, 1.54) is 21.2 Å². The van der Waals surface area contributed by atoms with Gasteiger partial charge in [0.05, 0.1) is 11.6 Å². The first-order chi connectivity index (χ1) is 11.9. The molecule has 118 valence electrons. The van der Waals surface area contributed by atoms with Crippen molar-refractivity contribution in [1.29, 1.82) is 0 Å². The summed E-state index contributed by atoms with van der Waals surface area (Å²) in [6, 6.07) is 25.8. The maximum atomic E-state index is 4.19. The topological polar surface area (TPSA) is 17.8 Å². The number of hydrogen-bond donors (Lipinski definition) is 0. The lowest BCUT2D eigenvalue weighted by Gasteiger charge is -2.20. The molecule has 3 aromatic carbocycles. The van der Waals surface area contributed by atoms with Crippen LogP contribution in [0.25, 0.3) is 10.8 Å². The van der Waals surface area contributed by atoms with Crippen LogP contribution in [0.1, 0.15) is 10.8 Å². The Kier molecular flexibility index (Phi) is 4.34. The molecule has 0 amide bonds. The molecule has 4 aromatic rings. The first kappa shape index (κ1) is 15.0. The summed E-state index contributed by atoms with van der Waals surface area (Å²) in [6.45, 7) is 0.896. The summed E-state index contributed by atoms with van der Waals surface area (Å²) in [5, 5.41) is 2.94. The van der Waals surface area contributed by atoms with Gasteiger partial charge in [0.25, 0.3) is 0 Å². The second-order valence-corrected chi connectivity index (χ2v) is 7.02. The molecule has 1 aromatic heterocycles. The van der Waals surface area contributed by atoms with Crippen LogP contribution in [0.5, 0.6) is 0 Å². The van der Waals surface area contributed by atoms with E-state index in [2.05, 4.69) is 82.3 Å². The number of imidazole rings is 1. The fourth-order valence-corrected chi connectivity index (χ4v) is 4.20. The quantitative estimate of drug-likeness (QED) is 0.445. The molecule has 0 radical (unpaired) electrons. The molecule has 0 fully saturated rings. The molecule has 0 N–H and O–H groups in total. The van der Waals surface area contributed by atoms with Crippen molar-refractivity contribution in [3.8, 4) is 0 Å². The lowest BCUT2D eigenvalue weighted by molar-refractivity contribution is 0.686. The Morgan fingerprint density at radius 1 is 0.875 bits per heavy atom. The average Bonchev–Trinajstić information content (AvgIpc) is 3.15. The molecular formula is C21H18N2S. The van der Waals surface area contributed by atoms with E-state index in [9.17, 15) is 0 Å². The van der Waals surface area contributed by atoms with E-state index >= 15 is 0 Å². The fourth-order valence-electron chi connectivity index (χ4n) is 2.98. The third-order valence-corrected chi connectivity index (χ3v) is 5.36. The highest BCUT2D eigenvalue weighted by molar-refractivity contribution is 7.99. The van der Waals surface area contributed by atoms with Crippen LogP contribution in [-0.2, 0) is 6.54 Å². The van der Waals surface area contributed by atoms with Crippen molar-refractivity contribution in [3.05, 3.63) is 97.1 Å². The summed E-state index contributed by atoms with van der Waals surface area (Å²) in [7, 11) is 0. The summed E-state index contributed by atoms with van der Waals surface area (Å²) >= 11 is 1.91. The standard InChI is InChI=1S/C21H18N2S/c1-2-9-18(10-3-1)24-21(15-23-14-13-22-16-23)20-12-6-8-17-7-4-5-11-19(17)20/h1-14,16,21H,15H2. The third-order valence-electron chi connectivity index (χ3n) is 4.13.